The number of nitrogens with one attached hydrogen (secondary N) is 1. The zero-order valence-electron chi connectivity index (χ0n) is 21.3. The van der Waals surface area contributed by atoms with Gasteiger partial charge in [-0.15, -0.1) is 0 Å². The van der Waals surface area contributed by atoms with Crippen LogP contribution in [0, 0.1) is 0 Å². The summed E-state index contributed by atoms with van der Waals surface area (Å²) in [6, 6.07) is 17.3. The third kappa shape index (κ3) is 7.14. The molecule has 9 heteroatoms. The number of likely N-dealkylation sites (N-methyl/N-ethyl adjacent to an activating group) is 1. The van der Waals surface area contributed by atoms with Gasteiger partial charge in [-0.3, -0.25) is 9.89 Å². The molecule has 2 aromatic heterocycles. The van der Waals surface area contributed by atoms with Crippen molar-refractivity contribution in [1.29, 1.82) is 0 Å². The Morgan fingerprint density at radius 2 is 1.73 bits per heavy atom. The molecule has 1 saturated heterocycles. The number of aromatic nitrogens is 4. The number of H-pyrrole nitrogens is 1. The molecule has 0 saturated carbocycles. The minimum Gasteiger partial charge on any atom is -0.457 e. The van der Waals surface area contributed by atoms with E-state index in [0.29, 0.717) is 11.5 Å². The molecule has 9 nitrogen and oxygen atoms in total. The molecule has 192 valence electrons. The normalized spacial score (nSPS) is 13.5. The standard InChI is InChI=1S/C17H13N5O.C11H20N2O/c18-16-14-15(21-22-17(14)20-10-19-16)11-6-8-13(9-7-11)23-12-4-2-1-3-5-12;1-12(2)8-6-7-11(14)13-9-4-3-5-10-13/h1-10H,(H3,18,19,20,21,22);6-7H,3-5,8-10H2,1-2H3/b;7-6+. The van der Waals surface area contributed by atoms with Crippen LogP contribution < -0.4 is 10.5 Å². The summed E-state index contributed by atoms with van der Waals surface area (Å²) in [5.74, 6) is 2.13. The number of nitrogens with two attached hydrogens (primary N) is 1. The molecule has 1 aliphatic rings. The van der Waals surface area contributed by atoms with Crippen molar-refractivity contribution in [1.82, 2.24) is 30.0 Å². The van der Waals surface area contributed by atoms with Gasteiger partial charge in [-0.2, -0.15) is 5.10 Å². The number of aromatic amines is 1. The molecule has 0 bridgehead atoms. The lowest BCUT2D eigenvalue weighted by Crippen LogP contribution is -2.34. The number of anilines is 1. The van der Waals surface area contributed by atoms with Crippen molar-refractivity contribution in [2.45, 2.75) is 19.3 Å². The quantitative estimate of drug-likeness (QED) is 0.375. The van der Waals surface area contributed by atoms with Gasteiger partial charge < -0.3 is 20.3 Å². The summed E-state index contributed by atoms with van der Waals surface area (Å²) in [5.41, 5.74) is 8.22. The average molecular weight is 500 g/mol. The van der Waals surface area contributed by atoms with Crippen molar-refractivity contribution in [3.8, 4) is 22.8 Å². The summed E-state index contributed by atoms with van der Waals surface area (Å²) in [4.78, 5) is 23.7. The molecule has 0 radical (unpaired) electrons. The number of likely N-dealkylation sites (tertiary alicyclic amines) is 1. The molecule has 1 aliphatic heterocycles. The SMILES string of the molecule is CN(C)C/C=C/C(=O)N1CCCCC1.Nc1ncnc2n[nH]c(-c3ccc(Oc4ccccc4)cc3)c12. The van der Waals surface area contributed by atoms with Crippen LogP contribution in [0.25, 0.3) is 22.3 Å². The number of rotatable bonds is 6. The summed E-state index contributed by atoms with van der Waals surface area (Å²) in [7, 11) is 3.99. The third-order valence-electron chi connectivity index (χ3n) is 5.90. The minimum absolute atomic E-state index is 0.173. The molecular formula is C28H33N7O2. The Kier molecular flexibility index (Phi) is 8.83. The number of para-hydroxylation sites is 1. The maximum absolute atomic E-state index is 11.6. The molecule has 0 atom stereocenters. The Bertz CT molecular complexity index is 1310. The van der Waals surface area contributed by atoms with Crippen LogP contribution in [0.15, 0.2) is 73.1 Å². The van der Waals surface area contributed by atoms with Crippen molar-refractivity contribution in [2.75, 3.05) is 39.5 Å². The molecule has 0 aliphatic carbocycles. The van der Waals surface area contributed by atoms with E-state index in [0.717, 1.165) is 60.6 Å². The predicted molar refractivity (Wildman–Crippen MR) is 146 cm³/mol. The van der Waals surface area contributed by atoms with Gasteiger partial charge in [0.15, 0.2) is 5.65 Å². The van der Waals surface area contributed by atoms with Crippen LogP contribution in [-0.4, -0.2) is 69.6 Å². The largest absolute Gasteiger partial charge is 0.457 e. The van der Waals surface area contributed by atoms with Crippen molar-refractivity contribution >= 4 is 22.8 Å². The van der Waals surface area contributed by atoms with Crippen molar-refractivity contribution < 1.29 is 9.53 Å². The lowest BCUT2D eigenvalue weighted by molar-refractivity contribution is -0.126. The summed E-state index contributed by atoms with van der Waals surface area (Å²) in [6.45, 7) is 2.70. The highest BCUT2D eigenvalue weighted by Gasteiger charge is 2.14. The molecule has 3 N–H and O–H groups in total. The zero-order valence-corrected chi connectivity index (χ0v) is 21.3. The van der Waals surface area contributed by atoms with Gasteiger partial charge in [0.1, 0.15) is 23.6 Å². The molecule has 0 unspecified atom stereocenters. The molecule has 0 spiro atoms. The van der Waals surface area contributed by atoms with Crippen LogP contribution in [0.5, 0.6) is 11.5 Å². The molecule has 5 rings (SSSR count). The number of carbonyl (C=O) groups is 1. The first-order valence-corrected chi connectivity index (χ1v) is 12.4. The Labute approximate surface area is 217 Å². The lowest BCUT2D eigenvalue weighted by atomic mass is 10.1. The minimum atomic E-state index is 0.173. The van der Waals surface area contributed by atoms with E-state index < -0.39 is 0 Å². The molecule has 1 amide bonds. The third-order valence-corrected chi connectivity index (χ3v) is 5.90. The van der Waals surface area contributed by atoms with Crippen LogP contribution in [-0.2, 0) is 4.79 Å². The first-order valence-electron chi connectivity index (χ1n) is 12.4. The fraction of sp³-hybridized carbons (Fsp3) is 0.286. The Morgan fingerprint density at radius 1 is 1.03 bits per heavy atom. The van der Waals surface area contributed by atoms with Gasteiger partial charge >= 0.3 is 0 Å². The number of fused-ring (bicyclic) bond motifs is 1. The van der Waals surface area contributed by atoms with E-state index in [-0.39, 0.29) is 5.91 Å². The van der Waals surface area contributed by atoms with Gasteiger partial charge in [0, 0.05) is 31.3 Å². The Morgan fingerprint density at radius 3 is 2.43 bits per heavy atom. The van der Waals surface area contributed by atoms with Crippen molar-refractivity contribution in [3.63, 3.8) is 0 Å². The van der Waals surface area contributed by atoms with E-state index in [1.807, 2.05) is 84.6 Å². The second-order valence-corrected chi connectivity index (χ2v) is 9.05. The van der Waals surface area contributed by atoms with E-state index in [4.69, 9.17) is 10.5 Å². The summed E-state index contributed by atoms with van der Waals surface area (Å²) >= 11 is 0. The number of benzene rings is 2. The number of nitrogens with zero attached hydrogens (tertiary/aromatic N) is 5. The maximum atomic E-state index is 11.6. The second kappa shape index (κ2) is 12.6. The highest BCUT2D eigenvalue weighted by atomic mass is 16.5. The summed E-state index contributed by atoms with van der Waals surface area (Å²) in [6.07, 6.45) is 8.62. The molecule has 1 fully saturated rings. The summed E-state index contributed by atoms with van der Waals surface area (Å²) in [5, 5.41) is 7.85. The predicted octanol–water partition coefficient (Wildman–Crippen LogP) is 4.51. The molecule has 3 heterocycles. The van der Waals surface area contributed by atoms with E-state index in [9.17, 15) is 4.79 Å². The van der Waals surface area contributed by atoms with Crippen molar-refractivity contribution in [3.05, 3.63) is 73.1 Å². The van der Waals surface area contributed by atoms with E-state index in [1.54, 1.807) is 6.08 Å². The maximum Gasteiger partial charge on any atom is 0.246 e. The number of ether oxygens (including phenoxy) is 1. The molecule has 37 heavy (non-hydrogen) atoms. The average Bonchev–Trinajstić information content (AvgIpc) is 3.36. The number of hydrogen-bond donors (Lipinski definition) is 2. The van der Waals surface area contributed by atoms with Gasteiger partial charge in [-0.1, -0.05) is 24.3 Å². The van der Waals surface area contributed by atoms with E-state index in [1.165, 1.54) is 12.7 Å². The van der Waals surface area contributed by atoms with E-state index >= 15 is 0 Å². The van der Waals surface area contributed by atoms with E-state index in [2.05, 4.69) is 20.2 Å². The topological polar surface area (TPSA) is 113 Å². The molecule has 2 aromatic carbocycles. The number of hydrogen-bond acceptors (Lipinski definition) is 7. The van der Waals surface area contributed by atoms with Gasteiger partial charge in [-0.05, 0) is 69.8 Å². The van der Waals surface area contributed by atoms with Crippen molar-refractivity contribution in [2.24, 2.45) is 0 Å². The fourth-order valence-corrected chi connectivity index (χ4v) is 3.99. The van der Waals surface area contributed by atoms with Crippen LogP contribution >= 0.6 is 0 Å². The smallest absolute Gasteiger partial charge is 0.246 e. The van der Waals surface area contributed by atoms with Crippen LogP contribution in [0.3, 0.4) is 0 Å². The van der Waals surface area contributed by atoms with Gasteiger partial charge in [0.05, 0.1) is 11.1 Å². The number of carbonyl (C=O) groups excluding carboxylic acids is 1. The van der Waals surface area contributed by atoms with Crippen LogP contribution in [0.1, 0.15) is 19.3 Å². The van der Waals surface area contributed by atoms with Crippen LogP contribution in [0.4, 0.5) is 5.82 Å². The van der Waals surface area contributed by atoms with Gasteiger partial charge in [0.2, 0.25) is 5.91 Å². The zero-order chi connectivity index (χ0) is 26.0. The van der Waals surface area contributed by atoms with Crippen LogP contribution in [0.2, 0.25) is 0 Å². The van der Waals surface area contributed by atoms with Gasteiger partial charge in [0.25, 0.3) is 0 Å². The number of piperidine rings is 1. The number of amides is 1. The second-order valence-electron chi connectivity index (χ2n) is 9.05. The molecule has 4 aromatic rings. The summed E-state index contributed by atoms with van der Waals surface area (Å²) < 4.78 is 5.79. The monoisotopic (exact) mass is 499 g/mol. The highest BCUT2D eigenvalue weighted by molar-refractivity contribution is 5.97. The Balaban J connectivity index is 0.000000197. The highest BCUT2D eigenvalue weighted by Crippen LogP contribution is 2.30. The lowest BCUT2D eigenvalue weighted by Gasteiger charge is -2.25. The fourth-order valence-electron chi connectivity index (χ4n) is 3.99. The van der Waals surface area contributed by atoms with Gasteiger partial charge in [-0.25, -0.2) is 9.97 Å². The number of nitrogen functional groups attached to an aromatic ring is 1. The molecular weight excluding hydrogens is 466 g/mol. The first kappa shape index (κ1) is 25.8. The first-order chi connectivity index (χ1) is 18.0. The Hall–Kier alpha value is -4.24.